The molecule has 0 aliphatic rings. The maximum Gasteiger partial charge on any atom is 0.0840 e. The molecular weight excluding hydrogens is 226 g/mol. The minimum absolute atomic E-state index is 0.127. The lowest BCUT2D eigenvalue weighted by atomic mass is 10.1. The van der Waals surface area contributed by atoms with Gasteiger partial charge in [0.25, 0.3) is 0 Å². The van der Waals surface area contributed by atoms with Crippen LogP contribution in [0.5, 0.6) is 0 Å². The number of hydrogen-bond acceptors (Lipinski definition) is 1. The van der Waals surface area contributed by atoms with E-state index in [9.17, 15) is 0 Å². The van der Waals surface area contributed by atoms with Crippen LogP contribution >= 0.6 is 15.9 Å². The molecule has 13 heavy (non-hydrogen) atoms. The Morgan fingerprint density at radius 2 is 1.85 bits per heavy atom. The monoisotopic (exact) mass is 237 g/mol. The van der Waals surface area contributed by atoms with Gasteiger partial charge in [0.05, 0.1) is 5.48 Å². The lowest BCUT2D eigenvalue weighted by Crippen LogP contribution is -1.79. The molecule has 0 spiro atoms. The number of nitrogens with zero attached hydrogens (tertiary/aromatic N) is 1. The summed E-state index contributed by atoms with van der Waals surface area (Å²) in [5, 5.41) is 0. The first-order valence-electron chi connectivity index (χ1n) is 5.71. The van der Waals surface area contributed by atoms with Crippen LogP contribution < -0.4 is 0 Å². The van der Waals surface area contributed by atoms with Gasteiger partial charge in [-0.2, -0.15) is 0 Å². The predicted octanol–water partition coefficient (Wildman–Crippen LogP) is 3.51. The van der Waals surface area contributed by atoms with Gasteiger partial charge in [0.2, 0.25) is 0 Å². The van der Waals surface area contributed by atoms with Crippen LogP contribution in [-0.4, -0.2) is 4.98 Å². The van der Waals surface area contributed by atoms with Crippen molar-refractivity contribution in [3.05, 3.63) is 53.2 Å². The summed E-state index contributed by atoms with van der Waals surface area (Å²) in [6, 6.07) is 6.89. The van der Waals surface area contributed by atoms with Crippen LogP contribution in [0.15, 0.2) is 53.2 Å². The number of halogens is 1. The summed E-state index contributed by atoms with van der Waals surface area (Å²) in [7, 11) is 0. The van der Waals surface area contributed by atoms with Crippen LogP contribution in [0.3, 0.4) is 0 Å². The van der Waals surface area contributed by atoms with Crippen LogP contribution in [0, 0.1) is 0 Å². The first-order valence-corrected chi connectivity index (χ1v) is 4.51. The molecule has 0 amide bonds. The van der Waals surface area contributed by atoms with Crippen molar-refractivity contribution >= 4 is 15.9 Å². The Labute approximate surface area is 91.2 Å². The molecule has 0 saturated heterocycles. The highest BCUT2D eigenvalue weighted by Gasteiger charge is 1.99. The fourth-order valence-corrected chi connectivity index (χ4v) is 1.51. The average molecular weight is 238 g/mol. The minimum atomic E-state index is -0.281. The number of aromatic nitrogens is 1. The topological polar surface area (TPSA) is 12.9 Å². The van der Waals surface area contributed by atoms with Gasteiger partial charge in [-0.15, -0.1) is 0 Å². The van der Waals surface area contributed by atoms with Gasteiger partial charge < -0.3 is 0 Å². The maximum absolute atomic E-state index is 7.79. The Morgan fingerprint density at radius 1 is 1.15 bits per heavy atom. The number of rotatable bonds is 1. The molecule has 0 radical (unpaired) electrons. The molecule has 0 fully saturated rings. The Bertz CT molecular complexity index is 560. The van der Waals surface area contributed by atoms with E-state index in [1.165, 1.54) is 0 Å². The van der Waals surface area contributed by atoms with Crippen molar-refractivity contribution in [2.24, 2.45) is 0 Å². The number of hydrogen-bond donors (Lipinski definition) is 0. The zero-order chi connectivity index (χ0) is 12.6. The third-order valence-corrected chi connectivity index (χ3v) is 2.31. The van der Waals surface area contributed by atoms with Crippen LogP contribution in [-0.2, 0) is 0 Å². The molecule has 0 saturated carbocycles. The minimum Gasteiger partial charge on any atom is -0.265 e. The third kappa shape index (κ3) is 1.78. The second kappa shape index (κ2) is 3.71. The van der Waals surface area contributed by atoms with Gasteiger partial charge in [-0.25, -0.2) is 0 Å². The molecule has 0 aliphatic carbocycles. The summed E-state index contributed by atoms with van der Waals surface area (Å²) < 4.78 is 31.3. The third-order valence-electron chi connectivity index (χ3n) is 1.62. The van der Waals surface area contributed by atoms with E-state index in [1.54, 1.807) is 18.2 Å². The van der Waals surface area contributed by atoms with E-state index >= 15 is 0 Å². The molecule has 2 rings (SSSR count). The van der Waals surface area contributed by atoms with Gasteiger partial charge >= 0.3 is 0 Å². The molecule has 2 heteroatoms. The standard InChI is InChI=1S/C11H8BrN/c12-11-4-2-1-3-10(11)9-5-7-13-8-6-9/h1-8H/i5D,6D,7D,8D. The largest absolute Gasteiger partial charge is 0.265 e. The van der Waals surface area contributed by atoms with E-state index < -0.39 is 0 Å². The van der Waals surface area contributed by atoms with Crippen LogP contribution in [0.2, 0.25) is 0 Å². The molecule has 0 bridgehead atoms. The SMILES string of the molecule is [2H]c1nc([2H])c([2H])c(-c2ccccc2Br)c1[2H]. The summed E-state index contributed by atoms with van der Waals surface area (Å²) in [6.07, 6.45) is -0.562. The van der Waals surface area contributed by atoms with E-state index in [2.05, 4.69) is 20.9 Å². The molecule has 0 aliphatic heterocycles. The van der Waals surface area contributed by atoms with Crippen molar-refractivity contribution in [1.82, 2.24) is 4.98 Å². The van der Waals surface area contributed by atoms with Crippen molar-refractivity contribution in [2.45, 2.75) is 0 Å². The highest BCUT2D eigenvalue weighted by atomic mass is 79.9. The summed E-state index contributed by atoms with van der Waals surface area (Å²) in [4.78, 5) is 3.53. The summed E-state index contributed by atoms with van der Waals surface area (Å²) in [5.74, 6) is 0. The van der Waals surface area contributed by atoms with Crippen molar-refractivity contribution in [3.8, 4) is 11.1 Å². The van der Waals surface area contributed by atoms with E-state index in [0.29, 0.717) is 5.56 Å². The molecule has 1 aromatic carbocycles. The van der Waals surface area contributed by atoms with E-state index in [1.807, 2.05) is 6.07 Å². The van der Waals surface area contributed by atoms with E-state index in [-0.39, 0.29) is 30.0 Å². The second-order valence-corrected chi connectivity index (χ2v) is 3.29. The lowest BCUT2D eigenvalue weighted by Gasteiger charge is -2.02. The molecule has 0 atom stereocenters. The maximum atomic E-state index is 7.79. The van der Waals surface area contributed by atoms with Crippen molar-refractivity contribution in [3.63, 3.8) is 0 Å². The van der Waals surface area contributed by atoms with Gasteiger partial charge in [-0.05, 0) is 29.3 Å². The van der Waals surface area contributed by atoms with Gasteiger partial charge in [-0.3, -0.25) is 4.98 Å². The molecule has 0 unspecified atom stereocenters. The van der Waals surface area contributed by atoms with E-state index in [4.69, 9.17) is 5.48 Å². The quantitative estimate of drug-likeness (QED) is 0.740. The second-order valence-electron chi connectivity index (χ2n) is 2.44. The zero-order valence-corrected chi connectivity index (χ0v) is 8.22. The molecule has 1 aromatic heterocycles. The smallest absolute Gasteiger partial charge is 0.0840 e. The average Bonchev–Trinajstić information content (AvgIpc) is 2.29. The normalized spacial score (nSPS) is 14.2. The van der Waals surface area contributed by atoms with Crippen molar-refractivity contribution in [2.75, 3.05) is 0 Å². The van der Waals surface area contributed by atoms with Gasteiger partial charge in [0.1, 0.15) is 0 Å². The summed E-state index contributed by atoms with van der Waals surface area (Å²) >= 11 is 3.34. The highest BCUT2D eigenvalue weighted by molar-refractivity contribution is 9.10. The zero-order valence-electron chi connectivity index (χ0n) is 10.6. The molecule has 64 valence electrons. The molecule has 0 N–H and O–H groups in total. The van der Waals surface area contributed by atoms with Crippen LogP contribution in [0.1, 0.15) is 5.48 Å². The molecule has 1 heterocycles. The Balaban J connectivity index is 2.80. The first-order chi connectivity index (χ1) is 8.02. The van der Waals surface area contributed by atoms with Gasteiger partial charge in [0.15, 0.2) is 0 Å². The predicted molar refractivity (Wildman–Crippen MR) is 57.4 cm³/mol. The highest BCUT2D eigenvalue weighted by Crippen LogP contribution is 2.26. The first kappa shape index (κ1) is 4.91. The van der Waals surface area contributed by atoms with Crippen molar-refractivity contribution in [1.29, 1.82) is 0 Å². The number of benzene rings is 1. The summed E-state index contributed by atoms with van der Waals surface area (Å²) in [6.45, 7) is 0. The fraction of sp³-hybridized carbons (Fsp3) is 0. The molecule has 2 aromatic rings. The Kier molecular flexibility index (Phi) is 1.40. The number of pyridine rings is 1. The Morgan fingerprint density at radius 3 is 2.54 bits per heavy atom. The molecule has 1 nitrogen and oxygen atoms in total. The van der Waals surface area contributed by atoms with Gasteiger partial charge in [-0.1, -0.05) is 34.1 Å². The summed E-state index contributed by atoms with van der Waals surface area (Å²) in [5.41, 5.74) is 0.898. The Hall–Kier alpha value is -1.15. The van der Waals surface area contributed by atoms with E-state index in [0.717, 1.165) is 4.47 Å². The molecular formula is C11H8BrN. The lowest BCUT2D eigenvalue weighted by molar-refractivity contribution is 1.33. The van der Waals surface area contributed by atoms with Crippen LogP contribution in [0.4, 0.5) is 0 Å². The van der Waals surface area contributed by atoms with Crippen LogP contribution in [0.25, 0.3) is 11.1 Å². The van der Waals surface area contributed by atoms with Crippen molar-refractivity contribution < 1.29 is 5.48 Å². The van der Waals surface area contributed by atoms with Gasteiger partial charge in [0, 0.05) is 16.8 Å². The fourth-order valence-electron chi connectivity index (χ4n) is 1.03.